The third-order valence-electron chi connectivity index (χ3n) is 14.1. The molecule has 0 aromatic heterocycles. The molecule has 11 amide bonds. The molecule has 1 fully saturated rings. The second kappa shape index (κ2) is 41.8. The van der Waals surface area contributed by atoms with Gasteiger partial charge >= 0.3 is 37.7 Å². The first-order valence-corrected chi connectivity index (χ1v) is 31.2. The molecule has 0 aromatic carbocycles. The van der Waals surface area contributed by atoms with Gasteiger partial charge in [-0.05, 0) is 70.6 Å². The van der Waals surface area contributed by atoms with E-state index in [2.05, 4.69) is 57.0 Å². The fourth-order valence-electron chi connectivity index (χ4n) is 8.94. The number of guanidine groups is 2. The Morgan fingerprint density at radius 3 is 1.29 bits per heavy atom. The van der Waals surface area contributed by atoms with Crippen molar-refractivity contribution in [3.8, 4) is 0 Å². The third-order valence-corrected chi connectivity index (χ3v) is 14.6. The van der Waals surface area contributed by atoms with Gasteiger partial charge in [0, 0.05) is 38.9 Å². The fourth-order valence-corrected chi connectivity index (χ4v) is 9.28. The van der Waals surface area contributed by atoms with E-state index in [1.807, 2.05) is 5.32 Å². The van der Waals surface area contributed by atoms with Gasteiger partial charge in [0.2, 0.25) is 65.0 Å². The summed E-state index contributed by atoms with van der Waals surface area (Å²) in [5.41, 5.74) is 32.5. The normalized spacial score (nSPS) is 16.1. The van der Waals surface area contributed by atoms with Crippen LogP contribution in [-0.4, -0.2) is 240 Å². The fraction of sp³-hybridized carbons (Fsp3) is 0.654. The van der Waals surface area contributed by atoms with Crippen LogP contribution in [0.25, 0.3) is 0 Å². The molecule has 43 nitrogen and oxygen atoms in total. The summed E-state index contributed by atoms with van der Waals surface area (Å²) >= 11 is 0. The van der Waals surface area contributed by atoms with Crippen molar-refractivity contribution in [2.75, 3.05) is 26.2 Å². The number of amides is 11. The third kappa shape index (κ3) is 32.8. The number of aliphatic imine (C=N–C) groups is 2. The molecule has 0 saturated carbocycles. The lowest BCUT2D eigenvalue weighted by Crippen LogP contribution is -2.62. The van der Waals surface area contributed by atoms with Crippen LogP contribution in [0, 0.1) is 5.92 Å². The van der Waals surface area contributed by atoms with E-state index in [1.54, 1.807) is 0 Å². The van der Waals surface area contributed by atoms with Crippen molar-refractivity contribution in [3.05, 3.63) is 0 Å². The molecule has 0 unspecified atom stereocenters. The van der Waals surface area contributed by atoms with Gasteiger partial charge in [0.1, 0.15) is 60.4 Å². The zero-order valence-corrected chi connectivity index (χ0v) is 53.5. The number of primary amides is 1. The largest absolute Gasteiger partial charge is 0.481 e. The molecule has 540 valence electrons. The van der Waals surface area contributed by atoms with Crippen LogP contribution in [0.15, 0.2) is 9.98 Å². The van der Waals surface area contributed by atoms with Gasteiger partial charge in [-0.3, -0.25) is 86.4 Å². The van der Waals surface area contributed by atoms with Gasteiger partial charge in [0.15, 0.2) is 11.9 Å². The summed E-state index contributed by atoms with van der Waals surface area (Å²) < 4.78 is 16.5. The Labute approximate surface area is 547 Å². The van der Waals surface area contributed by atoms with Crippen LogP contribution in [0.4, 0.5) is 0 Å². The Kier molecular flexibility index (Phi) is 36.6. The number of hydrogen-bond donors (Lipinski definition) is 22. The van der Waals surface area contributed by atoms with Crippen molar-refractivity contribution >= 4 is 115 Å². The average Bonchev–Trinajstić information content (AvgIpc) is 1.75. The van der Waals surface area contributed by atoms with Gasteiger partial charge in [-0.15, -0.1) is 0 Å². The zero-order chi connectivity index (χ0) is 73.3. The molecule has 1 aliphatic rings. The molecule has 0 radical (unpaired) electrons. The highest BCUT2D eigenvalue weighted by Gasteiger charge is 2.42. The minimum atomic E-state index is -5.45. The smallest absolute Gasteiger partial charge is 0.469 e. The summed E-state index contributed by atoms with van der Waals surface area (Å²) in [4.78, 5) is 238. The molecule has 0 aromatic rings. The number of nitrogens with one attached hydrogen (secondary N) is 9. The average molecular weight is 1400 g/mol. The summed E-state index contributed by atoms with van der Waals surface area (Å²) in [5.74, 6) is -23.3. The van der Waals surface area contributed by atoms with Gasteiger partial charge in [-0.1, -0.05) is 20.3 Å². The standard InChI is InChI=1S/C52H87N18O25P/c1-4-23(2)39(69-44(84)28(13-16-37(76)77)64-46(86)31(21-38(78)79)66-43(83)27(12-15-36(74)75)63-42(82)26(11-14-35(72)73)61-40(80)24(3)53)48(88)67-30(20-34(54)71)45(85)62-25(8-5-17-59-51(55)56)41(81)68-32(22-95-96(92,93)94)49(89)70-19-7-10-33(70)47(87)65-29(50(90)91)9-6-18-60-52(57)58/h23-33,39H,4-22,53H2,1-3H3,(H2,54,71)(H,61,80)(H,62,85)(H,63,82)(H,64,86)(H,65,87)(H,66,83)(H,67,88)(H,68,81)(H,69,84)(H,72,73)(H,74,75)(H,76,77)(H,78,79)(H,90,91)(H4,55,56,59)(H4,57,58,60)(H2,92,93,94)/t23-,24-,25-,26-,27-,28-,29-,30-,31-,32-,33-,39-/m0/s1. The maximum atomic E-state index is 14.3. The lowest BCUT2D eigenvalue weighted by atomic mass is 9.96. The molecule has 44 heteroatoms. The van der Waals surface area contributed by atoms with Gasteiger partial charge in [0.25, 0.3) is 0 Å². The topological polar surface area (TPSA) is 733 Å². The summed E-state index contributed by atoms with van der Waals surface area (Å²) in [7, 11) is -5.45. The maximum absolute atomic E-state index is 14.3. The number of phosphoric acid groups is 1. The first kappa shape index (κ1) is 84.1. The van der Waals surface area contributed by atoms with Crippen LogP contribution in [-0.2, 0) is 85.8 Å². The second-order valence-corrected chi connectivity index (χ2v) is 23.2. The van der Waals surface area contributed by atoms with E-state index < -0.39 is 245 Å². The van der Waals surface area contributed by atoms with Crippen LogP contribution < -0.4 is 82.3 Å². The van der Waals surface area contributed by atoms with Crippen molar-refractivity contribution in [2.45, 2.75) is 184 Å². The molecule has 1 rings (SSSR count). The molecule has 96 heavy (non-hydrogen) atoms. The molecular weight excluding hydrogens is 1310 g/mol. The number of aliphatic carboxylic acids is 5. The molecule has 0 spiro atoms. The van der Waals surface area contributed by atoms with Crippen LogP contribution in [0.2, 0.25) is 0 Å². The lowest BCUT2D eigenvalue weighted by molar-refractivity contribution is -0.145. The van der Waals surface area contributed by atoms with Crippen molar-refractivity contribution in [1.29, 1.82) is 0 Å². The number of carbonyl (C=O) groups excluding carboxylic acids is 11. The van der Waals surface area contributed by atoms with E-state index in [0.29, 0.717) is 0 Å². The molecular formula is C52H87N18O25P. The number of phosphoric ester groups is 1. The molecule has 0 aliphatic carbocycles. The van der Waals surface area contributed by atoms with Gasteiger partial charge in [0.05, 0.1) is 25.5 Å². The highest BCUT2D eigenvalue weighted by atomic mass is 31.2. The number of nitrogens with two attached hydrogens (primary N) is 6. The Morgan fingerprint density at radius 2 is 0.896 bits per heavy atom. The molecule has 1 aliphatic heterocycles. The van der Waals surface area contributed by atoms with E-state index in [9.17, 15) is 117 Å². The monoisotopic (exact) mass is 1390 g/mol. The Bertz CT molecular complexity index is 2920. The first-order valence-electron chi connectivity index (χ1n) is 29.7. The van der Waals surface area contributed by atoms with Crippen molar-refractivity contribution in [3.63, 3.8) is 0 Å². The molecule has 0 bridgehead atoms. The SMILES string of the molecule is CC[C@H](C)[C@H](NC(=O)[C@H](CCC(=O)O)NC(=O)[C@H](CC(=O)O)NC(=O)[C@H](CCC(=O)O)NC(=O)[C@H](CCC(=O)O)NC(=O)[C@H](C)N)C(=O)N[C@@H](CC(N)=O)C(=O)N[C@@H](CCCN=C(N)N)C(=O)N[C@@H](COP(=O)(O)O)C(=O)N1CCC[C@H]1C(=O)N[C@@H](CCCN=C(N)N)C(=O)O. The molecule has 1 saturated heterocycles. The van der Waals surface area contributed by atoms with Crippen LogP contribution in [0.5, 0.6) is 0 Å². The van der Waals surface area contributed by atoms with E-state index >= 15 is 0 Å². The minimum Gasteiger partial charge on any atom is -0.481 e. The van der Waals surface area contributed by atoms with Crippen molar-refractivity contribution < 1.29 is 121 Å². The van der Waals surface area contributed by atoms with Gasteiger partial charge < -0.3 is 122 Å². The maximum Gasteiger partial charge on any atom is 0.469 e. The minimum absolute atomic E-state index is 0.00539. The van der Waals surface area contributed by atoms with E-state index in [-0.39, 0.29) is 64.1 Å². The zero-order valence-electron chi connectivity index (χ0n) is 52.6. The molecule has 28 N–H and O–H groups in total. The van der Waals surface area contributed by atoms with E-state index in [1.165, 1.54) is 20.8 Å². The van der Waals surface area contributed by atoms with E-state index in [4.69, 9.17) is 34.4 Å². The number of hydrogen-bond acceptors (Lipinski definition) is 21. The highest BCUT2D eigenvalue weighted by molar-refractivity contribution is 7.46. The van der Waals surface area contributed by atoms with Crippen molar-refractivity contribution in [2.24, 2.45) is 50.3 Å². The van der Waals surface area contributed by atoms with Crippen LogP contribution in [0.1, 0.15) is 117 Å². The summed E-state index contributed by atoms with van der Waals surface area (Å²) in [6, 6.07) is -19.9. The number of likely N-dealkylation sites (tertiary alicyclic amines) is 1. The lowest BCUT2D eigenvalue weighted by Gasteiger charge is -2.31. The highest BCUT2D eigenvalue weighted by Crippen LogP contribution is 2.36. The number of carboxylic acids is 5. The number of carboxylic acid groups (broad SMARTS) is 5. The number of nitrogens with zero attached hydrogens (tertiary/aromatic N) is 3. The van der Waals surface area contributed by atoms with Crippen LogP contribution in [0.3, 0.4) is 0 Å². The Balaban J connectivity index is 3.73. The van der Waals surface area contributed by atoms with Gasteiger partial charge in [-0.2, -0.15) is 0 Å². The number of carbonyl (C=O) groups is 16. The predicted octanol–water partition coefficient (Wildman–Crippen LogP) is -9.02. The summed E-state index contributed by atoms with van der Waals surface area (Å²) in [6.45, 7) is 2.37. The summed E-state index contributed by atoms with van der Waals surface area (Å²) in [6.07, 6.45) is -7.65. The summed E-state index contributed by atoms with van der Waals surface area (Å²) in [5, 5.41) is 67.6. The first-order chi connectivity index (χ1) is 44.7. The van der Waals surface area contributed by atoms with Crippen LogP contribution >= 0.6 is 7.82 Å². The Morgan fingerprint density at radius 1 is 0.510 bits per heavy atom. The second-order valence-electron chi connectivity index (χ2n) is 21.9. The van der Waals surface area contributed by atoms with Crippen molar-refractivity contribution in [1.82, 2.24) is 52.8 Å². The molecule has 12 atom stereocenters. The Hall–Kier alpha value is -9.87. The van der Waals surface area contributed by atoms with E-state index in [0.717, 1.165) is 4.90 Å². The van der Waals surface area contributed by atoms with Gasteiger partial charge in [-0.25, -0.2) is 9.36 Å². The molecule has 1 heterocycles. The number of rotatable bonds is 46. The quantitative estimate of drug-likeness (QED) is 0.0116. The predicted molar refractivity (Wildman–Crippen MR) is 327 cm³/mol.